The third kappa shape index (κ3) is 5.15. The van der Waals surface area contributed by atoms with Crippen molar-refractivity contribution in [2.24, 2.45) is 0 Å². The zero-order valence-electron chi connectivity index (χ0n) is 21.7. The molecular formula is C22H24FN7O11P2. The molecule has 0 spiro atoms. The fourth-order valence-corrected chi connectivity index (χ4v) is 7.25. The van der Waals surface area contributed by atoms with E-state index in [0.29, 0.717) is 11.0 Å². The average Bonchev–Trinajstić information content (AvgIpc) is 3.72. The summed E-state index contributed by atoms with van der Waals surface area (Å²) in [6, 6.07) is 6.94. The molecule has 4 aromatic rings. The molecule has 1 aromatic carbocycles. The predicted molar refractivity (Wildman–Crippen MR) is 139 cm³/mol. The van der Waals surface area contributed by atoms with Crippen LogP contribution in [0.3, 0.4) is 0 Å². The van der Waals surface area contributed by atoms with Crippen LogP contribution in [0.15, 0.2) is 43.2 Å². The number of hydrogen-bond acceptors (Lipinski definition) is 14. The van der Waals surface area contributed by atoms with E-state index < -0.39 is 78.0 Å². The van der Waals surface area contributed by atoms with Crippen molar-refractivity contribution >= 4 is 43.7 Å². The van der Waals surface area contributed by atoms with Crippen LogP contribution in [0.4, 0.5) is 10.2 Å². The van der Waals surface area contributed by atoms with E-state index in [0.717, 1.165) is 6.33 Å². The fraction of sp³-hybridized carbons (Fsp3) is 0.455. The van der Waals surface area contributed by atoms with Gasteiger partial charge in [0.25, 0.3) is 0 Å². The molecule has 43 heavy (non-hydrogen) atoms. The SMILES string of the molecule is Nc1ncnc2c1ncn2[C@@H]1O[C@@H]2COP(=O)(O)O[C@@H]3C(O)[C@H](n4cnc5ccccc54)O[C@@H]3COP(=O)(O)OC2[C@@H]1F. The second-order valence-corrected chi connectivity index (χ2v) is 12.8. The Balaban J connectivity index is 1.16. The van der Waals surface area contributed by atoms with Crippen LogP contribution in [0.5, 0.6) is 0 Å². The number of nitrogen functional groups attached to an aromatic ring is 1. The van der Waals surface area contributed by atoms with E-state index in [1.54, 1.807) is 24.3 Å². The number of imidazole rings is 2. The van der Waals surface area contributed by atoms with Gasteiger partial charge in [0.15, 0.2) is 30.1 Å². The highest BCUT2D eigenvalue weighted by Gasteiger charge is 2.54. The Morgan fingerprint density at radius 2 is 1.53 bits per heavy atom. The molecule has 21 heteroatoms. The average molecular weight is 643 g/mol. The number of aliphatic hydroxyl groups is 1. The molecule has 4 unspecified atom stereocenters. The van der Waals surface area contributed by atoms with Gasteiger partial charge in [-0.3, -0.25) is 22.7 Å². The van der Waals surface area contributed by atoms with E-state index in [4.69, 9.17) is 33.3 Å². The quantitative estimate of drug-likeness (QED) is 0.223. The number of nitrogens with two attached hydrogens (primary N) is 1. The first-order valence-corrected chi connectivity index (χ1v) is 15.8. The number of benzene rings is 1. The van der Waals surface area contributed by atoms with Gasteiger partial charge < -0.3 is 34.7 Å². The Kier molecular flexibility index (Phi) is 7.11. The number of phosphoric ester groups is 2. The minimum atomic E-state index is -5.04. The summed E-state index contributed by atoms with van der Waals surface area (Å²) in [6.07, 6.45) is -9.06. The first kappa shape index (κ1) is 28.8. The maximum Gasteiger partial charge on any atom is 0.472 e. The molecular weight excluding hydrogens is 619 g/mol. The number of anilines is 1. The van der Waals surface area contributed by atoms with Crippen LogP contribution >= 0.6 is 15.6 Å². The molecule has 3 saturated heterocycles. The molecule has 0 radical (unpaired) electrons. The lowest BCUT2D eigenvalue weighted by Gasteiger charge is -2.27. The summed E-state index contributed by atoms with van der Waals surface area (Å²) in [6.45, 7) is -1.59. The molecule has 3 aromatic heterocycles. The van der Waals surface area contributed by atoms with E-state index >= 15 is 4.39 Å². The number of aromatic nitrogens is 6. The van der Waals surface area contributed by atoms with E-state index in [1.165, 1.54) is 21.8 Å². The van der Waals surface area contributed by atoms with Gasteiger partial charge in [0, 0.05) is 0 Å². The molecule has 18 nitrogen and oxygen atoms in total. The number of ether oxygens (including phenoxy) is 2. The monoisotopic (exact) mass is 643 g/mol. The third-order valence-corrected chi connectivity index (χ3v) is 9.28. The van der Waals surface area contributed by atoms with Crippen molar-refractivity contribution in [1.29, 1.82) is 0 Å². The van der Waals surface area contributed by atoms with Crippen molar-refractivity contribution in [1.82, 2.24) is 29.1 Å². The normalized spacial score (nSPS) is 38.9. The molecule has 0 amide bonds. The molecule has 10 atom stereocenters. The van der Waals surface area contributed by atoms with Gasteiger partial charge in [-0.1, -0.05) is 12.1 Å². The van der Waals surface area contributed by atoms with Gasteiger partial charge in [-0.05, 0) is 12.1 Å². The van der Waals surface area contributed by atoms with E-state index in [2.05, 4.69) is 19.9 Å². The van der Waals surface area contributed by atoms with E-state index in [1.807, 2.05) is 0 Å². The second kappa shape index (κ2) is 10.6. The topological polar surface area (TPSA) is 238 Å². The number of alkyl halides is 1. The summed E-state index contributed by atoms with van der Waals surface area (Å²) in [5, 5.41) is 11.1. The Labute approximate surface area is 240 Å². The Morgan fingerprint density at radius 3 is 2.30 bits per heavy atom. The smallest absolute Gasteiger partial charge is 0.386 e. The Morgan fingerprint density at radius 1 is 0.884 bits per heavy atom. The largest absolute Gasteiger partial charge is 0.472 e. The van der Waals surface area contributed by atoms with Gasteiger partial charge in [-0.15, -0.1) is 0 Å². The minimum absolute atomic E-state index is 0.0216. The van der Waals surface area contributed by atoms with Crippen molar-refractivity contribution in [3.63, 3.8) is 0 Å². The zero-order chi connectivity index (χ0) is 30.1. The van der Waals surface area contributed by atoms with Crippen molar-refractivity contribution in [3.05, 3.63) is 43.2 Å². The van der Waals surface area contributed by atoms with Crippen LogP contribution in [0.2, 0.25) is 0 Å². The molecule has 0 bridgehead atoms. The van der Waals surface area contributed by atoms with Gasteiger partial charge in [0.2, 0.25) is 0 Å². The van der Waals surface area contributed by atoms with Crippen molar-refractivity contribution in [2.45, 2.75) is 49.1 Å². The third-order valence-electron chi connectivity index (χ3n) is 7.31. The van der Waals surface area contributed by atoms with Gasteiger partial charge in [-0.25, -0.2) is 33.5 Å². The summed E-state index contributed by atoms with van der Waals surface area (Å²) in [4.78, 5) is 37.3. The van der Waals surface area contributed by atoms with Crippen LogP contribution in [0.25, 0.3) is 22.2 Å². The number of rotatable bonds is 2. The zero-order valence-corrected chi connectivity index (χ0v) is 23.5. The number of halogens is 1. The van der Waals surface area contributed by atoms with Crippen molar-refractivity contribution in [3.8, 4) is 0 Å². The maximum atomic E-state index is 15.8. The summed E-state index contributed by atoms with van der Waals surface area (Å²) >= 11 is 0. The number of hydrogen-bond donors (Lipinski definition) is 4. The molecule has 3 fully saturated rings. The Hall–Kier alpha value is -2.93. The minimum Gasteiger partial charge on any atom is -0.386 e. The molecule has 3 aliphatic rings. The first-order chi connectivity index (χ1) is 20.5. The highest BCUT2D eigenvalue weighted by atomic mass is 31.2. The predicted octanol–water partition coefficient (Wildman–Crippen LogP) is 0.970. The summed E-state index contributed by atoms with van der Waals surface area (Å²) < 4.78 is 76.8. The lowest BCUT2D eigenvalue weighted by atomic mass is 10.1. The number of phosphoric acid groups is 2. The molecule has 5 N–H and O–H groups in total. The molecule has 0 saturated carbocycles. The lowest BCUT2D eigenvalue weighted by Crippen LogP contribution is -2.38. The molecule has 230 valence electrons. The molecule has 6 heterocycles. The van der Waals surface area contributed by atoms with Gasteiger partial charge in [0.05, 0.1) is 36.9 Å². The highest BCUT2D eigenvalue weighted by molar-refractivity contribution is 7.47. The summed E-state index contributed by atoms with van der Waals surface area (Å²) in [5.41, 5.74) is 7.19. The summed E-state index contributed by atoms with van der Waals surface area (Å²) in [5.74, 6) is 0.0216. The van der Waals surface area contributed by atoms with Crippen LogP contribution in [0.1, 0.15) is 12.5 Å². The Bertz CT molecular complexity index is 1780. The first-order valence-electron chi connectivity index (χ1n) is 12.8. The standard InChI is InChI=1S/C22H24FN7O11P2/c23-14-17-12(38-21(14)30-9-28-15-19(24)25-7-26-20(15)30)5-36-43(34,35)41-18-13(6-37-42(32,33)40-17)39-22(16(18)31)29-8-27-10-3-1-2-4-11(10)29/h1-4,7-9,12-14,16-18,21-22,31H,5-6H2,(H,32,33)(H,34,35)(H2,24,25,26)/t12-,13-,14+,16?,17?,18+,21-,22-/m1/s1. The van der Waals surface area contributed by atoms with Gasteiger partial charge >= 0.3 is 15.6 Å². The van der Waals surface area contributed by atoms with E-state index in [9.17, 15) is 24.0 Å². The van der Waals surface area contributed by atoms with Crippen LogP contribution in [-0.4, -0.2) is 93.9 Å². The van der Waals surface area contributed by atoms with Crippen LogP contribution < -0.4 is 5.73 Å². The summed E-state index contributed by atoms with van der Waals surface area (Å²) in [7, 11) is -10.0. The van der Waals surface area contributed by atoms with Gasteiger partial charge in [-0.2, -0.15) is 0 Å². The lowest BCUT2D eigenvalue weighted by molar-refractivity contribution is -0.0662. The maximum absolute atomic E-state index is 15.8. The number of fused-ring (bicyclic) bond motifs is 4. The molecule has 3 aliphatic heterocycles. The number of nitrogens with zero attached hydrogens (tertiary/aromatic N) is 6. The van der Waals surface area contributed by atoms with Crippen LogP contribution in [-0.2, 0) is 36.7 Å². The molecule has 0 aliphatic carbocycles. The second-order valence-electron chi connectivity index (χ2n) is 9.96. The van der Waals surface area contributed by atoms with Crippen molar-refractivity contribution in [2.75, 3.05) is 18.9 Å². The number of aliphatic hydroxyl groups excluding tert-OH is 1. The fourth-order valence-electron chi connectivity index (χ4n) is 5.33. The van der Waals surface area contributed by atoms with Crippen LogP contribution in [0, 0.1) is 0 Å². The van der Waals surface area contributed by atoms with Gasteiger partial charge in [0.1, 0.15) is 42.4 Å². The molecule has 7 rings (SSSR count). The van der Waals surface area contributed by atoms with E-state index in [-0.39, 0.29) is 17.0 Å². The number of para-hydroxylation sites is 2. The van der Waals surface area contributed by atoms with Crippen molar-refractivity contribution < 1.29 is 56.0 Å². The highest BCUT2D eigenvalue weighted by Crippen LogP contribution is 2.54.